The van der Waals surface area contributed by atoms with Crippen LogP contribution in [0, 0.1) is 5.41 Å². The topological polar surface area (TPSA) is 41.1 Å². The maximum Gasteiger partial charge on any atom is 0.239 e. The highest BCUT2D eigenvalue weighted by Gasteiger charge is 2.32. The zero-order chi connectivity index (χ0) is 13.7. The summed E-state index contributed by atoms with van der Waals surface area (Å²) < 4.78 is 0. The molecule has 1 fully saturated rings. The lowest BCUT2D eigenvalue weighted by molar-refractivity contribution is -0.121. The molecule has 20 heavy (non-hydrogen) atoms. The number of benzene rings is 1. The molecule has 1 aliphatic rings. The Kier molecular flexibility index (Phi) is 6.34. The molecule has 1 aromatic carbocycles. The van der Waals surface area contributed by atoms with Crippen LogP contribution in [0.25, 0.3) is 0 Å². The Morgan fingerprint density at radius 2 is 1.95 bits per heavy atom. The van der Waals surface area contributed by atoms with E-state index in [4.69, 9.17) is 0 Å². The van der Waals surface area contributed by atoms with Crippen molar-refractivity contribution in [1.29, 1.82) is 0 Å². The van der Waals surface area contributed by atoms with Gasteiger partial charge in [-0.05, 0) is 30.4 Å². The summed E-state index contributed by atoms with van der Waals surface area (Å²) in [7, 11) is 0. The van der Waals surface area contributed by atoms with Gasteiger partial charge in [-0.2, -0.15) is 0 Å². The number of anilines is 1. The monoisotopic (exact) mass is 296 g/mol. The second-order valence-corrected chi connectivity index (χ2v) is 6.07. The first-order valence-corrected chi connectivity index (χ1v) is 7.16. The van der Waals surface area contributed by atoms with E-state index in [0.717, 1.165) is 12.1 Å². The molecule has 1 aliphatic carbocycles. The molecule has 2 rings (SSSR count). The van der Waals surface area contributed by atoms with Crippen molar-refractivity contribution >= 4 is 24.0 Å². The molecule has 0 bridgehead atoms. The van der Waals surface area contributed by atoms with E-state index in [1.165, 1.54) is 19.3 Å². The van der Waals surface area contributed by atoms with E-state index in [9.17, 15) is 4.79 Å². The Morgan fingerprint density at radius 3 is 2.60 bits per heavy atom. The Morgan fingerprint density at radius 1 is 1.25 bits per heavy atom. The molecular formula is C16H25ClN2O. The highest BCUT2D eigenvalue weighted by molar-refractivity contribution is 5.85. The second kappa shape index (κ2) is 7.53. The predicted molar refractivity (Wildman–Crippen MR) is 86.4 cm³/mol. The number of carbonyl (C=O) groups is 1. The number of carbonyl (C=O) groups excluding carboxylic acids is 1. The Balaban J connectivity index is 0.00000200. The third kappa shape index (κ3) is 4.71. The maximum absolute atomic E-state index is 12.0. The number of halogens is 1. The summed E-state index contributed by atoms with van der Waals surface area (Å²) in [5.41, 5.74) is 1.21. The van der Waals surface area contributed by atoms with Crippen molar-refractivity contribution in [2.75, 3.05) is 11.9 Å². The van der Waals surface area contributed by atoms with E-state index < -0.39 is 0 Å². The van der Waals surface area contributed by atoms with Gasteiger partial charge in [-0.25, -0.2) is 0 Å². The van der Waals surface area contributed by atoms with Crippen molar-refractivity contribution in [2.24, 2.45) is 5.41 Å². The van der Waals surface area contributed by atoms with E-state index in [1.54, 1.807) is 0 Å². The summed E-state index contributed by atoms with van der Waals surface area (Å²) in [6.45, 7) is 4.85. The molecule has 0 radical (unpaired) electrons. The molecule has 1 unspecified atom stereocenters. The Labute approximate surface area is 127 Å². The normalized spacial score (nSPS) is 20.6. The molecule has 2 N–H and O–H groups in total. The standard InChI is InChI=1S/C16H24N2O.ClH/c1-16(2)11-7-6-10-14(16)18-15(19)12-17-13-8-4-3-5-9-13;/h3-5,8-9,14,17H,6-7,10-12H2,1-2H3,(H,18,19);1H. The smallest absolute Gasteiger partial charge is 0.239 e. The number of amides is 1. The van der Waals surface area contributed by atoms with Crippen LogP contribution >= 0.6 is 12.4 Å². The number of hydrogen-bond donors (Lipinski definition) is 2. The van der Waals surface area contributed by atoms with Gasteiger partial charge in [0, 0.05) is 11.7 Å². The fraction of sp³-hybridized carbons (Fsp3) is 0.562. The summed E-state index contributed by atoms with van der Waals surface area (Å²) in [6.07, 6.45) is 4.80. The van der Waals surface area contributed by atoms with Gasteiger partial charge in [0.15, 0.2) is 0 Å². The van der Waals surface area contributed by atoms with Gasteiger partial charge in [-0.1, -0.05) is 44.9 Å². The third-order valence-corrected chi connectivity index (χ3v) is 4.07. The highest BCUT2D eigenvalue weighted by Crippen LogP contribution is 2.35. The summed E-state index contributed by atoms with van der Waals surface area (Å²) in [5.74, 6) is 0.0869. The van der Waals surface area contributed by atoms with E-state index >= 15 is 0 Å². The first kappa shape index (κ1) is 16.8. The number of nitrogens with one attached hydrogen (secondary N) is 2. The van der Waals surface area contributed by atoms with Gasteiger partial charge in [-0.3, -0.25) is 4.79 Å². The zero-order valence-electron chi connectivity index (χ0n) is 12.3. The lowest BCUT2D eigenvalue weighted by Crippen LogP contribution is -2.48. The number of para-hydroxylation sites is 1. The summed E-state index contributed by atoms with van der Waals surface area (Å²) in [5, 5.41) is 6.33. The maximum atomic E-state index is 12.0. The van der Waals surface area contributed by atoms with Gasteiger partial charge in [0.25, 0.3) is 0 Å². The fourth-order valence-electron chi connectivity index (χ4n) is 2.75. The molecular weight excluding hydrogens is 272 g/mol. The second-order valence-electron chi connectivity index (χ2n) is 6.07. The van der Waals surface area contributed by atoms with Gasteiger partial charge in [0.2, 0.25) is 5.91 Å². The minimum absolute atomic E-state index is 0. The molecule has 112 valence electrons. The Bertz CT molecular complexity index is 420. The highest BCUT2D eigenvalue weighted by atomic mass is 35.5. The average molecular weight is 297 g/mol. The Hall–Kier alpha value is -1.22. The van der Waals surface area contributed by atoms with Gasteiger partial charge in [-0.15, -0.1) is 12.4 Å². The zero-order valence-corrected chi connectivity index (χ0v) is 13.1. The molecule has 4 heteroatoms. The molecule has 0 aromatic heterocycles. The molecule has 1 atom stereocenters. The first-order valence-electron chi connectivity index (χ1n) is 7.16. The third-order valence-electron chi connectivity index (χ3n) is 4.07. The minimum Gasteiger partial charge on any atom is -0.376 e. The van der Waals surface area contributed by atoms with Crippen LogP contribution in [0.15, 0.2) is 30.3 Å². The quantitative estimate of drug-likeness (QED) is 0.891. The average Bonchev–Trinajstić information content (AvgIpc) is 2.40. The van der Waals surface area contributed by atoms with Crippen molar-refractivity contribution in [3.8, 4) is 0 Å². The number of rotatable bonds is 4. The van der Waals surface area contributed by atoms with Gasteiger partial charge < -0.3 is 10.6 Å². The van der Waals surface area contributed by atoms with Crippen LogP contribution in [0.1, 0.15) is 39.5 Å². The largest absolute Gasteiger partial charge is 0.376 e. The van der Waals surface area contributed by atoms with Gasteiger partial charge in [0.05, 0.1) is 6.54 Å². The molecule has 1 saturated carbocycles. The molecule has 0 spiro atoms. The summed E-state index contributed by atoms with van der Waals surface area (Å²) >= 11 is 0. The van der Waals surface area contributed by atoms with Crippen LogP contribution in [0.2, 0.25) is 0 Å². The van der Waals surface area contributed by atoms with E-state index in [2.05, 4.69) is 24.5 Å². The molecule has 3 nitrogen and oxygen atoms in total. The van der Waals surface area contributed by atoms with Crippen molar-refractivity contribution in [1.82, 2.24) is 5.32 Å². The van der Waals surface area contributed by atoms with Crippen LogP contribution < -0.4 is 10.6 Å². The minimum atomic E-state index is 0. The van der Waals surface area contributed by atoms with Crippen LogP contribution in [-0.4, -0.2) is 18.5 Å². The van der Waals surface area contributed by atoms with Crippen molar-refractivity contribution in [3.05, 3.63) is 30.3 Å². The van der Waals surface area contributed by atoms with Crippen LogP contribution in [0.3, 0.4) is 0 Å². The molecule has 1 aromatic rings. The lowest BCUT2D eigenvalue weighted by Gasteiger charge is -2.39. The molecule has 0 aliphatic heterocycles. The number of hydrogen-bond acceptors (Lipinski definition) is 2. The van der Waals surface area contributed by atoms with E-state index in [0.29, 0.717) is 12.6 Å². The summed E-state index contributed by atoms with van der Waals surface area (Å²) in [4.78, 5) is 12.0. The first-order chi connectivity index (χ1) is 9.08. The van der Waals surface area contributed by atoms with Crippen molar-refractivity contribution in [3.63, 3.8) is 0 Å². The lowest BCUT2D eigenvalue weighted by atomic mass is 9.73. The van der Waals surface area contributed by atoms with E-state index in [1.807, 2.05) is 30.3 Å². The van der Waals surface area contributed by atoms with Crippen LogP contribution in [0.4, 0.5) is 5.69 Å². The molecule has 0 heterocycles. The van der Waals surface area contributed by atoms with E-state index in [-0.39, 0.29) is 23.7 Å². The van der Waals surface area contributed by atoms with Crippen molar-refractivity contribution in [2.45, 2.75) is 45.6 Å². The SMILES string of the molecule is CC1(C)CCCCC1NC(=O)CNc1ccccc1.Cl. The molecule has 1 amide bonds. The van der Waals surface area contributed by atoms with Crippen LogP contribution in [0.5, 0.6) is 0 Å². The fourth-order valence-corrected chi connectivity index (χ4v) is 2.75. The molecule has 0 saturated heterocycles. The van der Waals surface area contributed by atoms with Gasteiger partial charge in [0.1, 0.15) is 0 Å². The van der Waals surface area contributed by atoms with Gasteiger partial charge >= 0.3 is 0 Å². The summed E-state index contributed by atoms with van der Waals surface area (Å²) in [6, 6.07) is 10.1. The predicted octanol–water partition coefficient (Wildman–Crippen LogP) is 3.61. The van der Waals surface area contributed by atoms with Crippen molar-refractivity contribution < 1.29 is 4.79 Å². The van der Waals surface area contributed by atoms with Crippen LogP contribution in [-0.2, 0) is 4.79 Å².